The number of ether oxygens (including phenoxy) is 1. The minimum absolute atomic E-state index is 0.0890. The Morgan fingerprint density at radius 1 is 1.10 bits per heavy atom. The summed E-state index contributed by atoms with van der Waals surface area (Å²) in [5, 5.41) is 21.6. The lowest BCUT2D eigenvalue weighted by molar-refractivity contribution is -0.142. The number of hydrogen-bond donors (Lipinski definition) is 1. The third kappa shape index (κ3) is 6.07. The molecular formula is C30H32N4O4S. The fourth-order valence-electron chi connectivity index (χ4n) is 5.20. The van der Waals surface area contributed by atoms with Crippen LogP contribution in [0.4, 0.5) is 5.13 Å². The lowest BCUT2D eigenvalue weighted by atomic mass is 9.97. The molecule has 0 radical (unpaired) electrons. The number of thiazole rings is 1. The summed E-state index contributed by atoms with van der Waals surface area (Å²) in [5.41, 5.74) is 4.67. The number of carboxylic acid groups (broad SMARTS) is 1. The maximum Gasteiger partial charge on any atom is 0.306 e. The van der Waals surface area contributed by atoms with Gasteiger partial charge in [-0.15, -0.1) is 11.3 Å². The summed E-state index contributed by atoms with van der Waals surface area (Å²) < 4.78 is 6.25. The van der Waals surface area contributed by atoms with Crippen molar-refractivity contribution in [2.45, 2.75) is 45.6 Å². The van der Waals surface area contributed by atoms with E-state index in [1.165, 1.54) is 17.8 Å². The summed E-state index contributed by atoms with van der Waals surface area (Å²) in [7, 11) is 0. The molecule has 0 atom stereocenters. The van der Waals surface area contributed by atoms with Gasteiger partial charge in [-0.2, -0.15) is 5.26 Å². The molecule has 9 heteroatoms. The van der Waals surface area contributed by atoms with E-state index in [1.54, 1.807) is 18.2 Å². The number of aromatic nitrogens is 1. The van der Waals surface area contributed by atoms with Crippen molar-refractivity contribution >= 4 is 28.3 Å². The van der Waals surface area contributed by atoms with E-state index >= 15 is 0 Å². The van der Waals surface area contributed by atoms with Gasteiger partial charge in [-0.3, -0.25) is 9.59 Å². The summed E-state index contributed by atoms with van der Waals surface area (Å²) in [4.78, 5) is 33.1. The molecule has 0 unspecified atom stereocenters. The van der Waals surface area contributed by atoms with Gasteiger partial charge in [0.2, 0.25) is 0 Å². The predicted octanol–water partition coefficient (Wildman–Crippen LogP) is 5.50. The molecule has 3 heterocycles. The Hall–Kier alpha value is -3.90. The van der Waals surface area contributed by atoms with Crippen molar-refractivity contribution in [2.24, 2.45) is 5.92 Å². The van der Waals surface area contributed by atoms with E-state index < -0.39 is 5.97 Å². The number of benzene rings is 2. The molecule has 39 heavy (non-hydrogen) atoms. The number of carbonyl (C=O) groups excluding carboxylic acids is 1. The van der Waals surface area contributed by atoms with Crippen LogP contribution in [0, 0.1) is 24.2 Å². The summed E-state index contributed by atoms with van der Waals surface area (Å²) in [6.45, 7) is 5.27. The number of anilines is 1. The van der Waals surface area contributed by atoms with Crippen LogP contribution in [0.2, 0.25) is 0 Å². The number of hydrogen-bond acceptors (Lipinski definition) is 7. The maximum atomic E-state index is 12.9. The average Bonchev–Trinajstić information content (AvgIpc) is 3.47. The van der Waals surface area contributed by atoms with Crippen molar-refractivity contribution in [3.8, 4) is 23.1 Å². The van der Waals surface area contributed by atoms with E-state index in [4.69, 9.17) is 9.72 Å². The maximum absolute atomic E-state index is 12.9. The highest BCUT2D eigenvalue weighted by Gasteiger charge is 2.26. The number of carboxylic acids is 1. The zero-order chi connectivity index (χ0) is 27.4. The first-order chi connectivity index (χ1) is 18.9. The van der Waals surface area contributed by atoms with Gasteiger partial charge >= 0.3 is 5.97 Å². The molecule has 2 aliphatic rings. The standard InChI is InChI=1S/C30H32N4O4S/c1-20-15-23(28(35)33-11-3-2-4-12-33)6-7-24(20)18-38-27-8-5-21(17-31)16-25(27)26-19-39-30(32-26)34-13-9-22(10-14-34)29(36)37/h5-8,15-16,19,22H,2-4,9-14,18H2,1H3,(H,36,37). The Labute approximate surface area is 232 Å². The Balaban J connectivity index is 1.30. The van der Waals surface area contributed by atoms with E-state index in [1.807, 2.05) is 35.4 Å². The third-order valence-corrected chi connectivity index (χ3v) is 8.51. The van der Waals surface area contributed by atoms with Crippen LogP contribution in [0.1, 0.15) is 59.2 Å². The Morgan fingerprint density at radius 3 is 2.56 bits per heavy atom. The summed E-state index contributed by atoms with van der Waals surface area (Å²) in [6, 6.07) is 13.3. The smallest absolute Gasteiger partial charge is 0.306 e. The first-order valence-corrected chi connectivity index (χ1v) is 14.3. The SMILES string of the molecule is Cc1cc(C(=O)N2CCCCC2)ccc1COc1ccc(C#N)cc1-c1csc(N2CCC(C(=O)O)CC2)n1. The van der Waals surface area contributed by atoms with Gasteiger partial charge in [-0.1, -0.05) is 6.07 Å². The lowest BCUT2D eigenvalue weighted by Crippen LogP contribution is -2.36. The number of amides is 1. The Morgan fingerprint density at radius 2 is 1.87 bits per heavy atom. The molecule has 2 fully saturated rings. The van der Waals surface area contributed by atoms with Crippen molar-refractivity contribution < 1.29 is 19.4 Å². The van der Waals surface area contributed by atoms with Crippen LogP contribution in [0.15, 0.2) is 41.8 Å². The van der Waals surface area contributed by atoms with Crippen molar-refractivity contribution in [1.29, 1.82) is 5.26 Å². The van der Waals surface area contributed by atoms with Crippen LogP contribution >= 0.6 is 11.3 Å². The van der Waals surface area contributed by atoms with E-state index in [2.05, 4.69) is 11.0 Å². The quantitative estimate of drug-likeness (QED) is 0.419. The van der Waals surface area contributed by atoms with Crippen molar-refractivity contribution in [2.75, 3.05) is 31.1 Å². The highest BCUT2D eigenvalue weighted by atomic mass is 32.1. The van der Waals surface area contributed by atoms with Crippen LogP contribution in [-0.4, -0.2) is 53.0 Å². The second-order valence-corrected chi connectivity index (χ2v) is 11.1. The zero-order valence-corrected chi connectivity index (χ0v) is 22.9. The van der Waals surface area contributed by atoms with E-state index in [-0.39, 0.29) is 11.8 Å². The van der Waals surface area contributed by atoms with Gasteiger partial charge in [0.1, 0.15) is 12.4 Å². The van der Waals surface area contributed by atoms with Crippen molar-refractivity contribution in [3.63, 3.8) is 0 Å². The number of aryl methyl sites for hydroxylation is 1. The van der Waals surface area contributed by atoms with Crippen molar-refractivity contribution in [3.05, 3.63) is 64.0 Å². The molecule has 2 saturated heterocycles. The molecule has 2 aliphatic heterocycles. The molecule has 0 saturated carbocycles. The van der Waals surface area contributed by atoms with E-state index in [0.29, 0.717) is 49.4 Å². The topological polar surface area (TPSA) is 107 Å². The minimum Gasteiger partial charge on any atom is -0.488 e. The monoisotopic (exact) mass is 544 g/mol. The largest absolute Gasteiger partial charge is 0.488 e. The van der Waals surface area contributed by atoms with Crippen LogP contribution in [0.3, 0.4) is 0 Å². The normalized spacial score (nSPS) is 16.1. The molecule has 1 aromatic heterocycles. The molecule has 3 aromatic rings. The van der Waals surface area contributed by atoms with Gasteiger partial charge in [0.25, 0.3) is 5.91 Å². The number of likely N-dealkylation sites (tertiary alicyclic amines) is 1. The molecule has 5 rings (SSSR count). The molecule has 2 aromatic carbocycles. The molecule has 202 valence electrons. The Bertz CT molecular complexity index is 1400. The fraction of sp³-hybridized carbons (Fsp3) is 0.400. The number of nitriles is 1. The second-order valence-electron chi connectivity index (χ2n) is 10.2. The van der Waals surface area contributed by atoms with Gasteiger partial charge in [-0.25, -0.2) is 4.98 Å². The van der Waals surface area contributed by atoms with Crippen LogP contribution in [0.25, 0.3) is 11.3 Å². The van der Waals surface area contributed by atoms with E-state index in [0.717, 1.165) is 53.4 Å². The van der Waals surface area contributed by atoms with Crippen LogP contribution in [-0.2, 0) is 11.4 Å². The predicted molar refractivity (Wildman–Crippen MR) is 150 cm³/mol. The highest BCUT2D eigenvalue weighted by Crippen LogP contribution is 2.36. The van der Waals surface area contributed by atoms with Crippen LogP contribution in [0.5, 0.6) is 5.75 Å². The van der Waals surface area contributed by atoms with Crippen LogP contribution < -0.4 is 9.64 Å². The minimum atomic E-state index is -0.733. The molecule has 0 spiro atoms. The first-order valence-electron chi connectivity index (χ1n) is 13.4. The first kappa shape index (κ1) is 26.7. The number of nitrogens with zero attached hydrogens (tertiary/aromatic N) is 4. The summed E-state index contributed by atoms with van der Waals surface area (Å²) in [6.07, 6.45) is 4.51. The molecule has 1 N–H and O–H groups in total. The number of rotatable bonds is 7. The lowest BCUT2D eigenvalue weighted by Gasteiger charge is -2.29. The second kappa shape index (κ2) is 11.9. The van der Waals surface area contributed by atoms with Gasteiger partial charge in [0, 0.05) is 42.7 Å². The fourth-order valence-corrected chi connectivity index (χ4v) is 6.08. The summed E-state index contributed by atoms with van der Waals surface area (Å²) >= 11 is 1.51. The number of piperidine rings is 2. The van der Waals surface area contributed by atoms with Gasteiger partial charge in [-0.05, 0) is 80.5 Å². The zero-order valence-electron chi connectivity index (χ0n) is 22.1. The van der Waals surface area contributed by atoms with Crippen molar-refractivity contribution in [1.82, 2.24) is 9.88 Å². The number of carbonyl (C=O) groups is 2. The molecule has 0 aliphatic carbocycles. The molecule has 1 amide bonds. The third-order valence-electron chi connectivity index (χ3n) is 7.61. The highest BCUT2D eigenvalue weighted by molar-refractivity contribution is 7.14. The van der Waals surface area contributed by atoms with Gasteiger partial charge < -0.3 is 19.6 Å². The molecule has 0 bridgehead atoms. The Kier molecular flexibility index (Phi) is 8.13. The molecule has 8 nitrogen and oxygen atoms in total. The average molecular weight is 545 g/mol. The summed E-state index contributed by atoms with van der Waals surface area (Å²) in [5.74, 6) is -0.314. The van der Waals surface area contributed by atoms with Gasteiger partial charge in [0.15, 0.2) is 5.13 Å². The van der Waals surface area contributed by atoms with Gasteiger partial charge in [0.05, 0.1) is 23.2 Å². The van der Waals surface area contributed by atoms with E-state index in [9.17, 15) is 20.0 Å². The number of aliphatic carboxylic acids is 1. The molecular weight excluding hydrogens is 512 g/mol.